The predicted molar refractivity (Wildman–Crippen MR) is 80.4 cm³/mol. The lowest BCUT2D eigenvalue weighted by Gasteiger charge is -2.21. The molecule has 2 heterocycles. The summed E-state index contributed by atoms with van der Waals surface area (Å²) in [5.41, 5.74) is 8.60. The highest BCUT2D eigenvalue weighted by molar-refractivity contribution is 5.94. The van der Waals surface area contributed by atoms with Crippen LogP contribution in [0.1, 0.15) is 23.2 Å². The number of hydrogen-bond donors (Lipinski definition) is 2. The van der Waals surface area contributed by atoms with Crippen LogP contribution in [0.5, 0.6) is 0 Å². The van der Waals surface area contributed by atoms with Crippen LogP contribution in [0.15, 0.2) is 41.8 Å². The number of nitrogens with zero attached hydrogens (tertiary/aromatic N) is 4. The van der Waals surface area contributed by atoms with Gasteiger partial charge in [-0.3, -0.25) is 0 Å². The van der Waals surface area contributed by atoms with Gasteiger partial charge in [0.1, 0.15) is 11.5 Å². The second kappa shape index (κ2) is 5.78. The molecule has 0 aliphatic carbocycles. The van der Waals surface area contributed by atoms with Crippen molar-refractivity contribution in [1.29, 1.82) is 0 Å². The van der Waals surface area contributed by atoms with E-state index in [1.807, 2.05) is 0 Å². The molecular weight excluding hydrogens is 266 g/mol. The quantitative estimate of drug-likeness (QED) is 0.377. The molecule has 1 aromatic heterocycles. The molecule has 0 fully saturated rings. The van der Waals surface area contributed by atoms with E-state index in [2.05, 4.69) is 44.3 Å². The van der Waals surface area contributed by atoms with Crippen LogP contribution >= 0.6 is 0 Å². The fourth-order valence-corrected chi connectivity index (χ4v) is 2.56. The second-order valence-corrected chi connectivity index (χ2v) is 5.04. The van der Waals surface area contributed by atoms with Crippen LogP contribution in [-0.4, -0.2) is 27.6 Å². The highest BCUT2D eigenvalue weighted by atomic mass is 16.4. The number of aryl methyl sites for hydroxylation is 1. The van der Waals surface area contributed by atoms with Gasteiger partial charge in [0, 0.05) is 13.1 Å². The molecule has 0 bridgehead atoms. The number of benzene rings is 1. The third-order valence-electron chi connectivity index (χ3n) is 3.69. The fourth-order valence-electron chi connectivity index (χ4n) is 2.56. The van der Waals surface area contributed by atoms with Crippen LogP contribution in [0.3, 0.4) is 0 Å². The Morgan fingerprint density at radius 2 is 2.00 bits per heavy atom. The van der Waals surface area contributed by atoms with Gasteiger partial charge in [0.2, 0.25) is 0 Å². The number of rotatable bonds is 2. The van der Waals surface area contributed by atoms with Gasteiger partial charge in [0.25, 0.3) is 0 Å². The van der Waals surface area contributed by atoms with Crippen molar-refractivity contribution in [1.82, 2.24) is 9.97 Å². The summed E-state index contributed by atoms with van der Waals surface area (Å²) in [5, 5.41) is 11.6. The largest absolute Gasteiger partial charge is 0.409 e. The van der Waals surface area contributed by atoms with Gasteiger partial charge in [0.15, 0.2) is 5.84 Å². The number of nitrogens with two attached hydrogens (primary N) is 1. The zero-order valence-corrected chi connectivity index (χ0v) is 11.6. The van der Waals surface area contributed by atoms with E-state index in [-0.39, 0.29) is 5.84 Å². The molecule has 108 valence electrons. The molecule has 0 saturated carbocycles. The summed E-state index contributed by atoms with van der Waals surface area (Å²) >= 11 is 0. The van der Waals surface area contributed by atoms with Crippen molar-refractivity contribution in [2.45, 2.75) is 19.4 Å². The minimum absolute atomic E-state index is 0.0322. The average Bonchev–Trinajstić information content (AvgIpc) is 2.76. The standard InChI is InChI=1S/C15H17N5O/c16-15(19-21)13-8-18-14(9-17-13)20-7-3-6-11-4-1-2-5-12(11)10-20/h1-2,4-5,8-9,21H,3,6-7,10H2,(H2,16,19). The number of oxime groups is 1. The molecule has 21 heavy (non-hydrogen) atoms. The maximum Gasteiger partial charge on any atom is 0.190 e. The maximum atomic E-state index is 8.64. The Morgan fingerprint density at radius 3 is 2.71 bits per heavy atom. The van der Waals surface area contributed by atoms with Crippen LogP contribution in [0.2, 0.25) is 0 Å². The maximum absolute atomic E-state index is 8.64. The molecule has 0 atom stereocenters. The highest BCUT2D eigenvalue weighted by Gasteiger charge is 2.15. The fraction of sp³-hybridized carbons (Fsp3) is 0.267. The van der Waals surface area contributed by atoms with E-state index in [1.54, 1.807) is 6.20 Å². The highest BCUT2D eigenvalue weighted by Crippen LogP contribution is 2.21. The van der Waals surface area contributed by atoms with E-state index < -0.39 is 0 Å². The van der Waals surface area contributed by atoms with Crippen LogP contribution in [0.4, 0.5) is 5.82 Å². The van der Waals surface area contributed by atoms with Gasteiger partial charge in [-0.15, -0.1) is 0 Å². The molecule has 0 unspecified atom stereocenters. The minimum atomic E-state index is -0.0322. The molecule has 3 rings (SSSR count). The molecule has 0 spiro atoms. The van der Waals surface area contributed by atoms with Gasteiger partial charge in [-0.25, -0.2) is 9.97 Å². The summed E-state index contributed by atoms with van der Waals surface area (Å²) in [6, 6.07) is 8.49. The first-order valence-electron chi connectivity index (χ1n) is 6.89. The molecule has 0 radical (unpaired) electrons. The first-order valence-corrected chi connectivity index (χ1v) is 6.89. The summed E-state index contributed by atoms with van der Waals surface area (Å²) < 4.78 is 0. The summed E-state index contributed by atoms with van der Waals surface area (Å²) in [5.74, 6) is 0.774. The molecule has 2 aromatic rings. The van der Waals surface area contributed by atoms with Crippen molar-refractivity contribution < 1.29 is 5.21 Å². The van der Waals surface area contributed by atoms with Crippen LogP contribution in [0, 0.1) is 0 Å². The average molecular weight is 283 g/mol. The number of aromatic nitrogens is 2. The molecule has 0 amide bonds. The third kappa shape index (κ3) is 2.79. The lowest BCUT2D eigenvalue weighted by molar-refractivity contribution is 0.318. The first-order chi connectivity index (χ1) is 10.3. The summed E-state index contributed by atoms with van der Waals surface area (Å²) in [6.07, 6.45) is 5.37. The van der Waals surface area contributed by atoms with Crippen LogP contribution in [0.25, 0.3) is 0 Å². The topological polar surface area (TPSA) is 87.6 Å². The van der Waals surface area contributed by atoms with Crippen LogP contribution < -0.4 is 10.6 Å². The van der Waals surface area contributed by atoms with Gasteiger partial charge in [-0.1, -0.05) is 29.4 Å². The zero-order chi connectivity index (χ0) is 14.7. The molecule has 6 heteroatoms. The van der Waals surface area contributed by atoms with Gasteiger partial charge in [0.05, 0.1) is 12.4 Å². The SMILES string of the molecule is NC(=NO)c1cnc(N2CCCc3ccccc3C2)cn1. The molecule has 1 aliphatic rings. The minimum Gasteiger partial charge on any atom is -0.409 e. The first kappa shape index (κ1) is 13.4. The summed E-state index contributed by atoms with van der Waals surface area (Å²) in [4.78, 5) is 10.8. The molecular formula is C15H17N5O. The summed E-state index contributed by atoms with van der Waals surface area (Å²) in [7, 11) is 0. The molecule has 6 nitrogen and oxygen atoms in total. The van der Waals surface area contributed by atoms with Crippen molar-refractivity contribution in [2.75, 3.05) is 11.4 Å². The molecule has 0 saturated heterocycles. The number of amidine groups is 1. The lowest BCUT2D eigenvalue weighted by Crippen LogP contribution is -2.24. The zero-order valence-electron chi connectivity index (χ0n) is 11.6. The Morgan fingerprint density at radius 1 is 1.19 bits per heavy atom. The Balaban J connectivity index is 1.84. The van der Waals surface area contributed by atoms with E-state index in [9.17, 15) is 0 Å². The van der Waals surface area contributed by atoms with Crippen molar-refractivity contribution in [2.24, 2.45) is 10.9 Å². The smallest absolute Gasteiger partial charge is 0.190 e. The Kier molecular flexibility index (Phi) is 3.68. The second-order valence-electron chi connectivity index (χ2n) is 5.04. The van der Waals surface area contributed by atoms with E-state index in [1.165, 1.54) is 17.3 Å². The van der Waals surface area contributed by atoms with E-state index >= 15 is 0 Å². The normalized spacial score (nSPS) is 15.4. The van der Waals surface area contributed by atoms with Crippen molar-refractivity contribution in [3.05, 3.63) is 53.5 Å². The van der Waals surface area contributed by atoms with Crippen molar-refractivity contribution in [3.63, 3.8) is 0 Å². The number of hydrogen-bond acceptors (Lipinski definition) is 5. The molecule has 3 N–H and O–H groups in total. The van der Waals surface area contributed by atoms with Gasteiger partial charge < -0.3 is 15.8 Å². The van der Waals surface area contributed by atoms with Crippen molar-refractivity contribution in [3.8, 4) is 0 Å². The third-order valence-corrected chi connectivity index (χ3v) is 3.69. The molecule has 1 aromatic carbocycles. The van der Waals surface area contributed by atoms with Gasteiger partial charge in [-0.05, 0) is 24.0 Å². The Labute approximate surface area is 122 Å². The number of fused-ring (bicyclic) bond motifs is 1. The van der Waals surface area contributed by atoms with Gasteiger partial charge in [-0.2, -0.15) is 0 Å². The predicted octanol–water partition coefficient (Wildman–Crippen LogP) is 1.52. The molecule has 1 aliphatic heterocycles. The number of anilines is 1. The van der Waals surface area contributed by atoms with E-state index in [4.69, 9.17) is 10.9 Å². The van der Waals surface area contributed by atoms with E-state index in [0.717, 1.165) is 31.7 Å². The monoisotopic (exact) mass is 283 g/mol. The van der Waals surface area contributed by atoms with Crippen molar-refractivity contribution >= 4 is 11.7 Å². The van der Waals surface area contributed by atoms with E-state index in [0.29, 0.717) is 5.69 Å². The lowest BCUT2D eigenvalue weighted by atomic mass is 10.0. The Hall–Kier alpha value is -2.63. The van der Waals surface area contributed by atoms with Gasteiger partial charge >= 0.3 is 0 Å². The van der Waals surface area contributed by atoms with Crippen LogP contribution in [-0.2, 0) is 13.0 Å². The summed E-state index contributed by atoms with van der Waals surface area (Å²) in [6.45, 7) is 1.76. The Bertz CT molecular complexity index is 653.